The number of nitrogens with two attached hydrogens (primary N) is 1. The molecule has 0 aliphatic heterocycles. The Labute approximate surface area is 88.4 Å². The van der Waals surface area contributed by atoms with Crippen LogP contribution in [0.1, 0.15) is 17.7 Å². The first kappa shape index (κ1) is 12.4. The smallest absolute Gasteiger partial charge is 0.251 e. The fourth-order valence-electron chi connectivity index (χ4n) is 1.04. The summed E-state index contributed by atoms with van der Waals surface area (Å²) < 4.78 is 59.6. The Morgan fingerprint density at radius 1 is 1.50 bits per heavy atom. The highest BCUT2D eigenvalue weighted by molar-refractivity contribution is 7.89. The quantitative estimate of drug-likeness (QED) is 0.835. The number of nitriles is 1. The molecule has 86 valence electrons. The van der Waals surface area contributed by atoms with Gasteiger partial charge in [-0.25, -0.2) is 26.7 Å². The highest BCUT2D eigenvalue weighted by atomic mass is 32.2. The molecule has 1 rings (SSSR count). The molecule has 9 heteroatoms. The van der Waals surface area contributed by atoms with Crippen molar-refractivity contribution in [3.05, 3.63) is 23.3 Å². The van der Waals surface area contributed by atoms with Crippen molar-refractivity contribution in [2.24, 2.45) is 5.14 Å². The molecule has 1 aromatic heterocycles. The average Bonchev–Trinajstić information content (AvgIpc) is 2.14. The van der Waals surface area contributed by atoms with E-state index in [1.54, 1.807) is 0 Å². The topological polar surface area (TPSA) is 96.8 Å². The van der Waals surface area contributed by atoms with Gasteiger partial charge in [0.2, 0.25) is 10.0 Å². The van der Waals surface area contributed by atoms with Gasteiger partial charge in [-0.05, 0) is 0 Å². The molecular weight excluding hydrogens is 247 g/mol. The van der Waals surface area contributed by atoms with Crippen molar-refractivity contribution in [1.29, 1.82) is 5.26 Å². The van der Waals surface area contributed by atoms with Crippen molar-refractivity contribution in [2.75, 3.05) is 0 Å². The molecule has 0 aliphatic rings. The molecule has 0 bridgehead atoms. The molecule has 0 saturated carbocycles. The Morgan fingerprint density at radius 2 is 2.06 bits per heavy atom. The van der Waals surface area contributed by atoms with E-state index in [9.17, 15) is 21.6 Å². The lowest BCUT2D eigenvalue weighted by Crippen LogP contribution is -2.18. The van der Waals surface area contributed by atoms with E-state index < -0.39 is 38.4 Å². The minimum absolute atomic E-state index is 0.280. The van der Waals surface area contributed by atoms with Crippen LogP contribution in [0, 0.1) is 17.1 Å². The number of halogens is 3. The number of nitrogens with zero attached hydrogens (tertiary/aromatic N) is 2. The summed E-state index contributed by atoms with van der Waals surface area (Å²) in [6, 6.07) is 1.15. The van der Waals surface area contributed by atoms with Crippen LogP contribution in [0.3, 0.4) is 0 Å². The first-order valence-electron chi connectivity index (χ1n) is 3.68. The number of hydrogen-bond acceptors (Lipinski definition) is 4. The molecule has 5 nitrogen and oxygen atoms in total. The maximum Gasteiger partial charge on any atom is 0.281 e. The summed E-state index contributed by atoms with van der Waals surface area (Å²) in [5.74, 6) is -1.44. The van der Waals surface area contributed by atoms with Crippen LogP contribution in [0.15, 0.2) is 11.1 Å². The summed E-state index contributed by atoms with van der Waals surface area (Å²) in [5, 5.41) is 13.1. The van der Waals surface area contributed by atoms with E-state index in [1.807, 2.05) is 0 Å². The second-order valence-corrected chi connectivity index (χ2v) is 4.15. The van der Waals surface area contributed by atoms with Gasteiger partial charge in [0.05, 0.1) is 6.20 Å². The molecule has 1 aromatic rings. The van der Waals surface area contributed by atoms with E-state index in [-0.39, 0.29) is 6.20 Å². The normalized spacial score (nSPS) is 11.5. The van der Waals surface area contributed by atoms with Crippen LogP contribution >= 0.6 is 0 Å². The molecule has 0 saturated heterocycles. The summed E-state index contributed by atoms with van der Waals surface area (Å²) in [4.78, 5) is 1.69. The molecule has 0 spiro atoms. The Kier molecular flexibility index (Phi) is 3.16. The van der Waals surface area contributed by atoms with Gasteiger partial charge in [-0.15, -0.1) is 0 Å². The van der Waals surface area contributed by atoms with E-state index in [0.29, 0.717) is 0 Å². The Hall–Kier alpha value is -1.66. The third kappa shape index (κ3) is 2.12. The molecule has 1 heterocycles. The van der Waals surface area contributed by atoms with Gasteiger partial charge in [0.1, 0.15) is 22.2 Å². The lowest BCUT2D eigenvalue weighted by atomic mass is 10.2. The van der Waals surface area contributed by atoms with Crippen LogP contribution in [-0.4, -0.2) is 13.4 Å². The van der Waals surface area contributed by atoms with Crippen LogP contribution < -0.4 is 5.14 Å². The van der Waals surface area contributed by atoms with Gasteiger partial charge in [-0.2, -0.15) is 5.26 Å². The second kappa shape index (κ2) is 4.07. The third-order valence-corrected chi connectivity index (χ3v) is 2.59. The van der Waals surface area contributed by atoms with E-state index in [1.165, 1.54) is 0 Å². The van der Waals surface area contributed by atoms with Gasteiger partial charge in [0.25, 0.3) is 6.43 Å². The highest BCUT2D eigenvalue weighted by Crippen LogP contribution is 2.26. The van der Waals surface area contributed by atoms with Crippen molar-refractivity contribution in [3.63, 3.8) is 0 Å². The zero-order chi connectivity index (χ0) is 12.5. The molecule has 0 radical (unpaired) electrons. The molecule has 0 aliphatic carbocycles. The average molecular weight is 251 g/mol. The molecule has 0 aromatic carbocycles. The van der Waals surface area contributed by atoms with Gasteiger partial charge in [0.15, 0.2) is 5.82 Å². The van der Waals surface area contributed by atoms with Crippen molar-refractivity contribution >= 4 is 10.0 Å². The zero-order valence-corrected chi connectivity index (χ0v) is 8.30. The molecule has 0 fully saturated rings. The van der Waals surface area contributed by atoms with Gasteiger partial charge >= 0.3 is 0 Å². The lowest BCUT2D eigenvalue weighted by Gasteiger charge is -2.06. The molecule has 0 amide bonds. The molecule has 16 heavy (non-hydrogen) atoms. The standard InChI is InChI=1S/C7H4F3N3O2S/c8-4-2-13-5(7(9)10)3(1-11)6(4)16(12,14)15/h2,7H,(H2,12,14,15). The SMILES string of the molecule is N#Cc1c(C(F)F)ncc(F)c1S(N)(=O)=O. The summed E-state index contributed by atoms with van der Waals surface area (Å²) >= 11 is 0. The first-order chi connectivity index (χ1) is 7.29. The van der Waals surface area contributed by atoms with Crippen molar-refractivity contribution in [1.82, 2.24) is 4.98 Å². The van der Waals surface area contributed by atoms with Crippen LogP contribution in [0.25, 0.3) is 0 Å². The highest BCUT2D eigenvalue weighted by Gasteiger charge is 2.27. The zero-order valence-electron chi connectivity index (χ0n) is 7.49. The number of sulfonamides is 1. The summed E-state index contributed by atoms with van der Waals surface area (Å²) in [5.41, 5.74) is -2.19. The predicted molar refractivity (Wildman–Crippen MR) is 45.2 cm³/mol. The van der Waals surface area contributed by atoms with Gasteiger partial charge in [0, 0.05) is 0 Å². The van der Waals surface area contributed by atoms with E-state index >= 15 is 0 Å². The minimum Gasteiger partial charge on any atom is -0.251 e. The maximum absolute atomic E-state index is 13.1. The maximum atomic E-state index is 13.1. The molecule has 0 unspecified atom stereocenters. The Bertz CT molecular complexity index is 565. The van der Waals surface area contributed by atoms with Crippen LogP contribution in [0.4, 0.5) is 13.2 Å². The predicted octanol–water partition coefficient (Wildman–Crippen LogP) is 0.677. The Balaban J connectivity index is 3.74. The number of primary sulfonamides is 1. The van der Waals surface area contributed by atoms with Crippen LogP contribution in [0.2, 0.25) is 0 Å². The number of hydrogen-bond donors (Lipinski definition) is 1. The summed E-state index contributed by atoms with van der Waals surface area (Å²) in [7, 11) is -4.60. The number of rotatable bonds is 2. The van der Waals surface area contributed by atoms with Crippen molar-refractivity contribution in [3.8, 4) is 6.07 Å². The third-order valence-electron chi connectivity index (χ3n) is 1.62. The largest absolute Gasteiger partial charge is 0.281 e. The Morgan fingerprint density at radius 3 is 2.44 bits per heavy atom. The molecule has 0 atom stereocenters. The summed E-state index contributed by atoms with van der Waals surface area (Å²) in [6.45, 7) is 0. The fourth-order valence-corrected chi connectivity index (χ4v) is 1.80. The number of alkyl halides is 2. The van der Waals surface area contributed by atoms with E-state index in [2.05, 4.69) is 10.1 Å². The molecule has 2 N–H and O–H groups in total. The van der Waals surface area contributed by atoms with Crippen molar-refractivity contribution in [2.45, 2.75) is 11.3 Å². The second-order valence-electron chi connectivity index (χ2n) is 2.65. The lowest BCUT2D eigenvalue weighted by molar-refractivity contribution is 0.145. The number of aromatic nitrogens is 1. The molecular formula is C7H4F3N3O2S. The number of pyridine rings is 1. The van der Waals surface area contributed by atoms with Gasteiger partial charge < -0.3 is 0 Å². The van der Waals surface area contributed by atoms with Crippen molar-refractivity contribution < 1.29 is 21.6 Å². The van der Waals surface area contributed by atoms with Gasteiger partial charge in [-0.1, -0.05) is 0 Å². The minimum atomic E-state index is -4.60. The van der Waals surface area contributed by atoms with E-state index in [4.69, 9.17) is 5.26 Å². The first-order valence-corrected chi connectivity index (χ1v) is 5.23. The van der Waals surface area contributed by atoms with Crippen LogP contribution in [0.5, 0.6) is 0 Å². The fraction of sp³-hybridized carbons (Fsp3) is 0.143. The van der Waals surface area contributed by atoms with Crippen LogP contribution in [-0.2, 0) is 10.0 Å². The van der Waals surface area contributed by atoms with Gasteiger partial charge in [-0.3, -0.25) is 4.98 Å². The van der Waals surface area contributed by atoms with E-state index in [0.717, 1.165) is 6.07 Å². The summed E-state index contributed by atoms with van der Waals surface area (Å²) in [6.07, 6.45) is -2.92. The monoisotopic (exact) mass is 251 g/mol.